The van der Waals surface area contributed by atoms with Gasteiger partial charge in [0.25, 0.3) is 0 Å². The lowest BCUT2D eigenvalue weighted by Crippen LogP contribution is -2.41. The molecule has 1 saturated heterocycles. The van der Waals surface area contributed by atoms with Crippen LogP contribution in [0.15, 0.2) is 41.3 Å². The number of aromatic nitrogens is 2. The summed E-state index contributed by atoms with van der Waals surface area (Å²) in [7, 11) is -5.08. The molecule has 262 valence electrons. The lowest BCUT2D eigenvalue weighted by Gasteiger charge is -2.32. The molecule has 0 radical (unpaired) electrons. The summed E-state index contributed by atoms with van der Waals surface area (Å²) in [4.78, 5) is 22.7. The van der Waals surface area contributed by atoms with Crippen molar-refractivity contribution >= 4 is 56.8 Å². The molecule has 0 bridgehead atoms. The van der Waals surface area contributed by atoms with E-state index in [9.17, 15) is 26.4 Å². The number of esters is 2. The summed E-state index contributed by atoms with van der Waals surface area (Å²) in [6.07, 6.45) is 3.70. The minimum absolute atomic E-state index is 0. The maximum absolute atomic E-state index is 11.7. The Hall–Kier alpha value is -2.93. The fraction of sp³-hybridized carbons (Fsp3) is 0.500. The first kappa shape index (κ1) is 45.2. The smallest absolute Gasteiger partial charge is 0.461 e. The minimum Gasteiger partial charge on any atom is -0.461 e. The average Bonchev–Trinajstić information content (AvgIpc) is 3.46. The third kappa shape index (κ3) is 10.8. The second kappa shape index (κ2) is 17.3. The summed E-state index contributed by atoms with van der Waals surface area (Å²) in [5.74, 6) is 0.376. The Morgan fingerprint density at radius 2 is 1.24 bits per heavy atom. The van der Waals surface area contributed by atoms with E-state index in [1.165, 1.54) is 41.7 Å². The Balaban J connectivity index is 0. The largest absolute Gasteiger partial charge is 0.486 e. The van der Waals surface area contributed by atoms with E-state index < -0.39 is 32.0 Å². The predicted octanol–water partition coefficient (Wildman–Crippen LogP) is 4.07. The van der Waals surface area contributed by atoms with Crippen LogP contribution in [0.4, 0.5) is 0 Å². The first-order valence-corrected chi connectivity index (χ1v) is 16.5. The molecule has 1 aliphatic rings. The molecule has 0 aliphatic carbocycles. The van der Waals surface area contributed by atoms with Gasteiger partial charge >= 0.3 is 19.1 Å². The molecule has 0 aromatic carbocycles. The van der Waals surface area contributed by atoms with Crippen molar-refractivity contribution in [3.63, 3.8) is 0 Å². The van der Waals surface area contributed by atoms with Gasteiger partial charge in [-0.1, -0.05) is 45.1 Å². The number of rotatable bonds is 8. The lowest BCUT2D eigenvalue weighted by molar-refractivity contribution is 0.00578. The zero-order valence-corrected chi connectivity index (χ0v) is 28.4. The summed E-state index contributed by atoms with van der Waals surface area (Å²) in [5.41, 5.74) is -0.218. The van der Waals surface area contributed by atoms with Crippen LogP contribution in [-0.4, -0.2) is 69.4 Å². The van der Waals surface area contributed by atoms with Gasteiger partial charge in [0.1, 0.15) is 21.2 Å². The first-order chi connectivity index (χ1) is 20.0. The fourth-order valence-electron chi connectivity index (χ4n) is 3.68. The monoisotopic (exact) mass is 710 g/mol. The molecule has 0 saturated carbocycles. The number of halogens is 1. The molecule has 1 fully saturated rings. The highest BCUT2D eigenvalue weighted by Gasteiger charge is 2.49. The number of aryl methyl sites for hydroxylation is 2. The van der Waals surface area contributed by atoms with Crippen molar-refractivity contribution < 1.29 is 45.2 Å². The van der Waals surface area contributed by atoms with Crippen LogP contribution in [0, 0.1) is 0 Å². The van der Waals surface area contributed by atoms with Crippen molar-refractivity contribution in [3.05, 3.63) is 53.5 Å². The molecule has 46 heavy (non-hydrogen) atoms. The normalized spacial score (nSPS) is 14.6. The van der Waals surface area contributed by atoms with Gasteiger partial charge in [0.2, 0.25) is 20.0 Å². The lowest BCUT2D eigenvalue weighted by atomic mass is 9.90. The van der Waals surface area contributed by atoms with Crippen LogP contribution in [0.1, 0.15) is 82.9 Å². The van der Waals surface area contributed by atoms with Crippen LogP contribution in [0.5, 0.6) is 0 Å². The number of hydrogen-bond donors (Lipinski definition) is 2. The summed E-state index contributed by atoms with van der Waals surface area (Å²) in [5, 5.41) is 9.77. The zero-order valence-electron chi connectivity index (χ0n) is 26.0. The quantitative estimate of drug-likeness (QED) is 0.297. The van der Waals surface area contributed by atoms with Gasteiger partial charge in [0.05, 0.1) is 29.4 Å². The molecule has 3 rings (SSSR count). The fourth-order valence-corrected chi connectivity index (χ4v) is 5.70. The second-order valence-electron chi connectivity index (χ2n) is 10.2. The van der Waals surface area contributed by atoms with Crippen LogP contribution in [0.3, 0.4) is 0 Å². The third-order valence-electron chi connectivity index (χ3n) is 6.49. The molecule has 0 atom stereocenters. The van der Waals surface area contributed by atoms with Crippen molar-refractivity contribution in [1.29, 1.82) is 0 Å². The maximum atomic E-state index is 11.7. The molecule has 14 nitrogen and oxygen atoms in total. The minimum atomic E-state index is -3.94. The van der Waals surface area contributed by atoms with E-state index in [2.05, 4.69) is 13.2 Å². The van der Waals surface area contributed by atoms with Gasteiger partial charge in [0.15, 0.2) is 0 Å². The highest BCUT2D eigenvalue weighted by Crippen LogP contribution is 2.36. The Bertz CT molecular complexity index is 1600. The summed E-state index contributed by atoms with van der Waals surface area (Å²) >= 11 is 5.76. The van der Waals surface area contributed by atoms with Gasteiger partial charge in [-0.3, -0.25) is 0 Å². The van der Waals surface area contributed by atoms with Gasteiger partial charge in [-0.2, -0.15) is 0 Å². The van der Waals surface area contributed by atoms with Gasteiger partial charge in [-0.15, -0.1) is 6.58 Å². The number of hydrogen-bond acceptors (Lipinski definition) is 10. The van der Waals surface area contributed by atoms with E-state index in [1.807, 2.05) is 27.7 Å². The van der Waals surface area contributed by atoms with Gasteiger partial charge in [-0.05, 0) is 41.5 Å². The molecule has 0 amide bonds. The van der Waals surface area contributed by atoms with Crippen molar-refractivity contribution in [3.8, 4) is 0 Å². The van der Waals surface area contributed by atoms with Crippen LogP contribution in [0.2, 0.25) is 5.02 Å². The number of ether oxygens (including phenoxy) is 2. The van der Waals surface area contributed by atoms with Crippen LogP contribution >= 0.6 is 11.6 Å². The highest BCUT2D eigenvalue weighted by atomic mass is 35.5. The molecule has 3 heterocycles. The Morgan fingerprint density at radius 3 is 1.54 bits per heavy atom. The number of primary sulfonamides is 2. The van der Waals surface area contributed by atoms with Crippen molar-refractivity contribution in [2.75, 3.05) is 13.2 Å². The van der Waals surface area contributed by atoms with Crippen molar-refractivity contribution in [2.45, 2.75) is 77.4 Å². The predicted molar refractivity (Wildman–Crippen MR) is 180 cm³/mol. The Labute approximate surface area is 278 Å². The SMILES string of the molecule is C.C.C=CB1OC(C)(C)C(C)(C)O1.C=Cc1c(S(N)(=O)=O)cn(C)c1C(=O)OCC.CCOC(=O)c1c(Cl)c(S(N)(=O)=O)cn1C. The standard InChI is InChI=1S/C10H14N2O4S.C8H15BO2.C8H11ClN2O4S.2CH4/c1-4-7-8(17(11,14)15)6-12(3)9(7)10(13)16-5-2;1-6-9-10-7(2,3)8(4,5)11-9;1-3-15-8(12)7-6(9)5(4-11(7)2)16(10,13)14;;/h4,6H,1,5H2,2-3H3,(H2,11,14,15);6H,1H2,2-5H3;4H,3H2,1-2H3,(H2,10,13,14);2*1H4. The first-order valence-electron chi connectivity index (χ1n) is 13.0. The molecule has 2 aromatic rings. The van der Waals surface area contributed by atoms with Gasteiger partial charge < -0.3 is 27.9 Å². The van der Waals surface area contributed by atoms with Crippen LogP contribution < -0.4 is 10.3 Å². The van der Waals surface area contributed by atoms with Crippen LogP contribution in [0.25, 0.3) is 6.08 Å². The number of nitrogens with zero attached hydrogens (tertiary/aromatic N) is 2. The topological polar surface area (TPSA) is 201 Å². The van der Waals surface area contributed by atoms with E-state index in [0.717, 1.165) is 0 Å². The second-order valence-corrected chi connectivity index (χ2v) is 13.7. The van der Waals surface area contributed by atoms with E-state index in [1.54, 1.807) is 19.8 Å². The molecule has 2 aromatic heterocycles. The number of carbonyl (C=O) groups is 2. The highest BCUT2D eigenvalue weighted by molar-refractivity contribution is 7.89. The molecule has 18 heteroatoms. The third-order valence-corrected chi connectivity index (χ3v) is 8.85. The number of sulfonamides is 2. The van der Waals surface area contributed by atoms with Crippen molar-refractivity contribution in [1.82, 2.24) is 9.13 Å². The van der Waals surface area contributed by atoms with Crippen LogP contribution in [-0.2, 0) is 52.9 Å². The summed E-state index contributed by atoms with van der Waals surface area (Å²) in [6, 6.07) is 0. The van der Waals surface area contributed by atoms with E-state index in [4.69, 9.17) is 40.7 Å². The molecule has 1 aliphatic heterocycles. The van der Waals surface area contributed by atoms with E-state index in [0.29, 0.717) is 0 Å². The molecule has 0 unspecified atom stereocenters. The maximum Gasteiger partial charge on any atom is 0.486 e. The molecular formula is C28H48BClN4O10S2. The summed E-state index contributed by atoms with van der Waals surface area (Å²) < 4.78 is 68.2. The molecular weight excluding hydrogens is 663 g/mol. The summed E-state index contributed by atoms with van der Waals surface area (Å²) in [6.45, 7) is 18.9. The Morgan fingerprint density at radius 1 is 0.870 bits per heavy atom. The Kier molecular flexibility index (Phi) is 17.0. The molecule has 4 N–H and O–H groups in total. The molecule has 0 spiro atoms. The van der Waals surface area contributed by atoms with Gasteiger partial charge in [-0.25, -0.2) is 36.7 Å². The zero-order chi connectivity index (χ0) is 34.4. The van der Waals surface area contributed by atoms with Crippen molar-refractivity contribution in [2.24, 2.45) is 24.4 Å². The van der Waals surface area contributed by atoms with E-state index >= 15 is 0 Å². The average molecular weight is 711 g/mol. The number of nitrogens with two attached hydrogens (primary N) is 2. The van der Waals surface area contributed by atoms with E-state index in [-0.39, 0.29) is 78.2 Å². The van der Waals surface area contributed by atoms with Gasteiger partial charge in [0, 0.05) is 32.1 Å². The number of carbonyl (C=O) groups excluding carboxylic acids is 2.